The maximum absolute atomic E-state index is 5.67. The number of nitrogens with zero attached hydrogens (tertiary/aromatic N) is 1. The molecule has 0 aromatic rings. The zero-order valence-corrected chi connectivity index (χ0v) is 6.18. The van der Waals surface area contributed by atoms with Crippen LogP contribution in [0.15, 0.2) is 0 Å². The molecule has 0 saturated carbocycles. The topological polar surface area (TPSA) is 38.5 Å². The molecule has 1 spiro atoms. The molecule has 2 N–H and O–H groups in total. The van der Waals surface area contributed by atoms with E-state index in [-0.39, 0.29) is 0 Å². The van der Waals surface area contributed by atoms with Gasteiger partial charge in [-0.25, -0.2) is 5.01 Å². The monoisotopic (exact) mass is 142 g/mol. The summed E-state index contributed by atoms with van der Waals surface area (Å²) < 4.78 is 5.35. The lowest BCUT2D eigenvalue weighted by molar-refractivity contribution is 0.152. The third kappa shape index (κ3) is 0.944. The summed E-state index contributed by atoms with van der Waals surface area (Å²) in [6, 6.07) is 0. The number of ether oxygens (including phenoxy) is 1. The fraction of sp³-hybridized carbons (Fsp3) is 1.00. The Morgan fingerprint density at radius 2 is 2.30 bits per heavy atom. The molecule has 0 radical (unpaired) electrons. The first-order chi connectivity index (χ1) is 4.81. The molecule has 0 aliphatic carbocycles. The lowest BCUT2D eigenvalue weighted by Gasteiger charge is -2.19. The number of nitrogens with two attached hydrogens (primary N) is 1. The smallest absolute Gasteiger partial charge is 0.0536 e. The molecule has 0 amide bonds. The molecule has 1 atom stereocenters. The van der Waals surface area contributed by atoms with Crippen molar-refractivity contribution in [3.05, 3.63) is 0 Å². The molecule has 1 unspecified atom stereocenters. The molecular weight excluding hydrogens is 128 g/mol. The Bertz CT molecular complexity index is 132. The molecule has 2 rings (SSSR count). The van der Waals surface area contributed by atoms with Crippen molar-refractivity contribution in [2.24, 2.45) is 11.3 Å². The van der Waals surface area contributed by atoms with Gasteiger partial charge in [-0.15, -0.1) is 0 Å². The van der Waals surface area contributed by atoms with Crippen LogP contribution in [0.25, 0.3) is 0 Å². The van der Waals surface area contributed by atoms with Crippen LogP contribution in [0.1, 0.15) is 12.8 Å². The van der Waals surface area contributed by atoms with Gasteiger partial charge in [-0.05, 0) is 12.8 Å². The number of rotatable bonds is 0. The maximum atomic E-state index is 5.67. The minimum absolute atomic E-state index is 0.439. The number of hydrogen-bond acceptors (Lipinski definition) is 3. The van der Waals surface area contributed by atoms with Gasteiger partial charge in [0.25, 0.3) is 0 Å². The molecule has 2 fully saturated rings. The van der Waals surface area contributed by atoms with E-state index in [1.807, 2.05) is 5.01 Å². The third-order valence-corrected chi connectivity index (χ3v) is 2.65. The molecule has 58 valence electrons. The predicted molar refractivity (Wildman–Crippen MR) is 38.2 cm³/mol. The summed E-state index contributed by atoms with van der Waals surface area (Å²) >= 11 is 0. The van der Waals surface area contributed by atoms with Crippen LogP contribution < -0.4 is 5.84 Å². The minimum atomic E-state index is 0.439. The lowest BCUT2D eigenvalue weighted by Crippen LogP contribution is -2.32. The van der Waals surface area contributed by atoms with Crippen LogP contribution in [0.3, 0.4) is 0 Å². The lowest BCUT2D eigenvalue weighted by atomic mass is 9.87. The van der Waals surface area contributed by atoms with Gasteiger partial charge in [-0.2, -0.15) is 0 Å². The average molecular weight is 142 g/mol. The summed E-state index contributed by atoms with van der Waals surface area (Å²) in [7, 11) is 0. The summed E-state index contributed by atoms with van der Waals surface area (Å²) in [5.41, 5.74) is 0.439. The Hall–Kier alpha value is -0.120. The van der Waals surface area contributed by atoms with Gasteiger partial charge in [-0.1, -0.05) is 0 Å². The van der Waals surface area contributed by atoms with Gasteiger partial charge in [0.1, 0.15) is 0 Å². The molecule has 2 aliphatic heterocycles. The number of hydrazine groups is 1. The van der Waals surface area contributed by atoms with Gasteiger partial charge < -0.3 is 4.74 Å². The highest BCUT2D eigenvalue weighted by Crippen LogP contribution is 2.36. The molecule has 3 nitrogen and oxygen atoms in total. The van der Waals surface area contributed by atoms with E-state index in [0.717, 1.165) is 26.3 Å². The predicted octanol–water partition coefficient (Wildman–Crippen LogP) is -0.0275. The second-order valence-electron chi connectivity index (χ2n) is 3.52. The summed E-state index contributed by atoms with van der Waals surface area (Å²) in [5, 5.41) is 1.91. The largest absolute Gasteiger partial charge is 0.381 e. The van der Waals surface area contributed by atoms with E-state index >= 15 is 0 Å². The van der Waals surface area contributed by atoms with Crippen molar-refractivity contribution >= 4 is 0 Å². The Kier molecular flexibility index (Phi) is 1.44. The molecule has 0 aromatic heterocycles. The van der Waals surface area contributed by atoms with Crippen molar-refractivity contribution in [2.45, 2.75) is 12.8 Å². The van der Waals surface area contributed by atoms with Crippen molar-refractivity contribution in [1.29, 1.82) is 0 Å². The van der Waals surface area contributed by atoms with E-state index < -0.39 is 0 Å². The van der Waals surface area contributed by atoms with Gasteiger partial charge in [0.2, 0.25) is 0 Å². The van der Waals surface area contributed by atoms with Crippen molar-refractivity contribution in [2.75, 3.05) is 26.3 Å². The van der Waals surface area contributed by atoms with Crippen molar-refractivity contribution in [3.8, 4) is 0 Å². The molecule has 10 heavy (non-hydrogen) atoms. The van der Waals surface area contributed by atoms with Crippen LogP contribution in [0, 0.1) is 5.41 Å². The maximum Gasteiger partial charge on any atom is 0.0536 e. The summed E-state index contributed by atoms with van der Waals surface area (Å²) in [5.74, 6) is 5.67. The Morgan fingerprint density at radius 1 is 1.40 bits per heavy atom. The quantitative estimate of drug-likeness (QED) is 0.483. The molecule has 0 aromatic carbocycles. The first-order valence-electron chi connectivity index (χ1n) is 3.88. The fourth-order valence-electron chi connectivity index (χ4n) is 1.94. The van der Waals surface area contributed by atoms with Crippen molar-refractivity contribution in [1.82, 2.24) is 5.01 Å². The average Bonchev–Trinajstić information content (AvgIpc) is 2.46. The van der Waals surface area contributed by atoms with Gasteiger partial charge in [-0.3, -0.25) is 5.84 Å². The highest BCUT2D eigenvalue weighted by molar-refractivity contribution is 4.90. The van der Waals surface area contributed by atoms with Crippen molar-refractivity contribution < 1.29 is 4.74 Å². The van der Waals surface area contributed by atoms with E-state index in [4.69, 9.17) is 10.6 Å². The summed E-state index contributed by atoms with van der Waals surface area (Å²) in [6.45, 7) is 3.95. The van der Waals surface area contributed by atoms with E-state index in [2.05, 4.69) is 0 Å². The third-order valence-electron chi connectivity index (χ3n) is 2.65. The Labute approximate surface area is 61.1 Å². The van der Waals surface area contributed by atoms with E-state index in [1.54, 1.807) is 0 Å². The van der Waals surface area contributed by atoms with E-state index in [9.17, 15) is 0 Å². The Balaban J connectivity index is 2.03. The molecule has 0 bridgehead atoms. The van der Waals surface area contributed by atoms with Crippen LogP contribution in [0.5, 0.6) is 0 Å². The summed E-state index contributed by atoms with van der Waals surface area (Å²) in [4.78, 5) is 0. The van der Waals surface area contributed by atoms with Crippen LogP contribution in [0.4, 0.5) is 0 Å². The first-order valence-corrected chi connectivity index (χ1v) is 3.88. The fourth-order valence-corrected chi connectivity index (χ4v) is 1.94. The van der Waals surface area contributed by atoms with E-state index in [0.29, 0.717) is 5.41 Å². The second-order valence-corrected chi connectivity index (χ2v) is 3.52. The van der Waals surface area contributed by atoms with Gasteiger partial charge in [0.05, 0.1) is 6.61 Å². The first kappa shape index (κ1) is 6.58. The molecular formula is C7H14N2O. The Morgan fingerprint density at radius 3 is 2.80 bits per heavy atom. The second kappa shape index (κ2) is 2.19. The molecule has 2 saturated heterocycles. The zero-order chi connectivity index (χ0) is 7.03. The molecule has 2 aliphatic rings. The standard InChI is InChI=1S/C7H14N2O/c8-9-3-1-7(5-9)2-4-10-6-7/h1-6,8H2. The van der Waals surface area contributed by atoms with Gasteiger partial charge in [0, 0.05) is 25.1 Å². The van der Waals surface area contributed by atoms with Gasteiger partial charge >= 0.3 is 0 Å². The summed E-state index contributed by atoms with van der Waals surface area (Å²) in [6.07, 6.45) is 2.43. The normalized spacial score (nSPS) is 41.7. The van der Waals surface area contributed by atoms with Crippen molar-refractivity contribution in [3.63, 3.8) is 0 Å². The highest BCUT2D eigenvalue weighted by Gasteiger charge is 2.40. The van der Waals surface area contributed by atoms with Crippen LogP contribution >= 0.6 is 0 Å². The highest BCUT2D eigenvalue weighted by atomic mass is 16.5. The van der Waals surface area contributed by atoms with Crippen LogP contribution in [-0.4, -0.2) is 31.3 Å². The van der Waals surface area contributed by atoms with Gasteiger partial charge in [0.15, 0.2) is 0 Å². The SMILES string of the molecule is NN1CCC2(CCOC2)C1. The van der Waals surface area contributed by atoms with Crippen LogP contribution in [-0.2, 0) is 4.74 Å². The zero-order valence-electron chi connectivity index (χ0n) is 6.18. The minimum Gasteiger partial charge on any atom is -0.381 e. The molecule has 2 heterocycles. The van der Waals surface area contributed by atoms with Crippen LogP contribution in [0.2, 0.25) is 0 Å². The van der Waals surface area contributed by atoms with E-state index in [1.165, 1.54) is 12.8 Å². The molecule has 3 heteroatoms. The number of hydrogen-bond donors (Lipinski definition) is 1.